The Labute approximate surface area is 99.3 Å². The first-order valence-corrected chi connectivity index (χ1v) is 4.63. The van der Waals surface area contributed by atoms with Crippen molar-refractivity contribution in [3.8, 4) is 5.75 Å². The van der Waals surface area contributed by atoms with Gasteiger partial charge in [-0.1, -0.05) is 0 Å². The molecule has 0 amide bonds. The molecular weight excluding hydrogens is 255 g/mol. The van der Waals surface area contributed by atoms with Crippen molar-refractivity contribution in [3.05, 3.63) is 33.4 Å². The number of ketones is 1. The molecule has 98 valence electrons. The maximum absolute atomic E-state index is 12.8. The Morgan fingerprint density at radius 1 is 1.39 bits per heavy atom. The van der Waals surface area contributed by atoms with Gasteiger partial charge in [0.25, 0.3) is 5.69 Å². The van der Waals surface area contributed by atoms with E-state index in [1.54, 1.807) is 0 Å². The van der Waals surface area contributed by atoms with Crippen LogP contribution in [-0.4, -0.2) is 17.8 Å². The zero-order chi connectivity index (χ0) is 14.1. The summed E-state index contributed by atoms with van der Waals surface area (Å²) in [5.41, 5.74) is -3.31. The predicted molar refractivity (Wildman–Crippen MR) is 54.7 cm³/mol. The second kappa shape index (κ2) is 4.63. The standard InChI is InChI=1S/C10H8F3NO4/c1-5(15)8-6(14(16)17)3-4-7(18-2)9(8)10(11,12)13/h3-4H,1-2H3. The molecule has 0 unspecified atom stereocenters. The zero-order valence-electron chi connectivity index (χ0n) is 9.37. The molecule has 8 heteroatoms. The molecule has 0 heterocycles. The van der Waals surface area contributed by atoms with E-state index in [9.17, 15) is 28.1 Å². The number of hydrogen-bond donors (Lipinski definition) is 0. The minimum Gasteiger partial charge on any atom is -0.496 e. The number of nitrogens with zero attached hydrogens (tertiary/aromatic N) is 1. The lowest BCUT2D eigenvalue weighted by molar-refractivity contribution is -0.385. The van der Waals surface area contributed by atoms with E-state index in [4.69, 9.17) is 0 Å². The first-order chi connectivity index (χ1) is 8.20. The van der Waals surface area contributed by atoms with Gasteiger partial charge in [-0.3, -0.25) is 14.9 Å². The molecule has 0 saturated carbocycles. The number of carbonyl (C=O) groups is 1. The van der Waals surface area contributed by atoms with Gasteiger partial charge >= 0.3 is 6.18 Å². The van der Waals surface area contributed by atoms with Crippen molar-refractivity contribution in [2.75, 3.05) is 7.11 Å². The van der Waals surface area contributed by atoms with Crippen LogP contribution in [0.15, 0.2) is 12.1 Å². The average molecular weight is 263 g/mol. The Bertz CT molecular complexity index is 511. The number of hydrogen-bond acceptors (Lipinski definition) is 4. The normalized spacial score (nSPS) is 11.2. The molecule has 0 atom stereocenters. The van der Waals surface area contributed by atoms with E-state index in [1.807, 2.05) is 0 Å². The van der Waals surface area contributed by atoms with E-state index < -0.39 is 39.4 Å². The highest BCUT2D eigenvalue weighted by Gasteiger charge is 2.41. The van der Waals surface area contributed by atoms with Crippen molar-refractivity contribution in [2.24, 2.45) is 0 Å². The number of alkyl halides is 3. The molecule has 0 aliphatic rings. The van der Waals surface area contributed by atoms with Crippen molar-refractivity contribution in [1.82, 2.24) is 0 Å². The molecule has 0 radical (unpaired) electrons. The number of nitro groups is 1. The first-order valence-electron chi connectivity index (χ1n) is 4.63. The second-order valence-corrected chi connectivity index (χ2v) is 3.35. The van der Waals surface area contributed by atoms with Crippen LogP contribution in [0.3, 0.4) is 0 Å². The Hall–Kier alpha value is -2.12. The summed E-state index contributed by atoms with van der Waals surface area (Å²) in [5, 5.41) is 10.7. The Balaban J connectivity index is 3.76. The number of benzene rings is 1. The fourth-order valence-corrected chi connectivity index (χ4v) is 1.53. The summed E-state index contributed by atoms with van der Waals surface area (Å²) in [6, 6.07) is 1.62. The monoisotopic (exact) mass is 263 g/mol. The van der Waals surface area contributed by atoms with Gasteiger partial charge in [0.15, 0.2) is 5.78 Å². The van der Waals surface area contributed by atoms with Crippen LogP contribution in [0, 0.1) is 10.1 Å². The maximum Gasteiger partial charge on any atom is 0.420 e. The van der Waals surface area contributed by atoms with Gasteiger partial charge in [0.05, 0.1) is 12.0 Å². The van der Waals surface area contributed by atoms with Crippen LogP contribution in [0.2, 0.25) is 0 Å². The quantitative estimate of drug-likeness (QED) is 0.477. The van der Waals surface area contributed by atoms with Crippen molar-refractivity contribution in [1.29, 1.82) is 0 Å². The van der Waals surface area contributed by atoms with Crippen LogP contribution in [0.25, 0.3) is 0 Å². The van der Waals surface area contributed by atoms with E-state index in [0.29, 0.717) is 0 Å². The van der Waals surface area contributed by atoms with Crippen LogP contribution in [0.5, 0.6) is 5.75 Å². The predicted octanol–water partition coefficient (Wildman–Crippen LogP) is 2.82. The molecule has 0 fully saturated rings. The van der Waals surface area contributed by atoms with Gasteiger partial charge in [0, 0.05) is 6.07 Å². The van der Waals surface area contributed by atoms with Gasteiger partial charge in [0.2, 0.25) is 0 Å². The summed E-state index contributed by atoms with van der Waals surface area (Å²) in [6.45, 7) is 0.830. The van der Waals surface area contributed by atoms with E-state index in [-0.39, 0.29) is 0 Å². The smallest absolute Gasteiger partial charge is 0.420 e. The van der Waals surface area contributed by atoms with Gasteiger partial charge in [-0.15, -0.1) is 0 Å². The van der Waals surface area contributed by atoms with Gasteiger partial charge in [0.1, 0.15) is 16.9 Å². The van der Waals surface area contributed by atoms with Crippen molar-refractivity contribution in [2.45, 2.75) is 13.1 Å². The lowest BCUT2D eigenvalue weighted by atomic mass is 10.0. The maximum atomic E-state index is 12.8. The van der Waals surface area contributed by atoms with Crippen LogP contribution in [-0.2, 0) is 6.18 Å². The highest BCUT2D eigenvalue weighted by atomic mass is 19.4. The molecule has 1 aromatic rings. The third kappa shape index (κ3) is 2.41. The summed E-state index contributed by atoms with van der Waals surface area (Å²) in [4.78, 5) is 20.9. The Kier molecular flexibility index (Phi) is 3.59. The van der Waals surface area contributed by atoms with E-state index in [0.717, 1.165) is 26.2 Å². The van der Waals surface area contributed by atoms with Crippen molar-refractivity contribution in [3.63, 3.8) is 0 Å². The van der Waals surface area contributed by atoms with E-state index in [2.05, 4.69) is 4.74 Å². The third-order valence-corrected chi connectivity index (χ3v) is 2.20. The highest BCUT2D eigenvalue weighted by Crippen LogP contribution is 2.42. The third-order valence-electron chi connectivity index (χ3n) is 2.20. The lowest BCUT2D eigenvalue weighted by Crippen LogP contribution is -2.15. The average Bonchev–Trinajstić information content (AvgIpc) is 2.25. The summed E-state index contributed by atoms with van der Waals surface area (Å²) in [6.07, 6.45) is -4.92. The van der Waals surface area contributed by atoms with Gasteiger partial charge in [-0.05, 0) is 13.0 Å². The molecule has 0 aliphatic heterocycles. The van der Waals surface area contributed by atoms with Crippen molar-refractivity contribution >= 4 is 11.5 Å². The fourth-order valence-electron chi connectivity index (χ4n) is 1.53. The number of carbonyl (C=O) groups excluding carboxylic acids is 1. The molecule has 1 aromatic carbocycles. The minimum absolute atomic E-state index is 0.627. The van der Waals surface area contributed by atoms with Gasteiger partial charge in [-0.25, -0.2) is 0 Å². The van der Waals surface area contributed by atoms with Gasteiger partial charge < -0.3 is 4.74 Å². The molecule has 0 saturated heterocycles. The molecular formula is C10H8F3NO4. The summed E-state index contributed by atoms with van der Waals surface area (Å²) in [7, 11) is 0.986. The van der Waals surface area contributed by atoms with E-state index in [1.165, 1.54) is 0 Å². The molecule has 5 nitrogen and oxygen atoms in total. The van der Waals surface area contributed by atoms with Crippen LogP contribution in [0.4, 0.5) is 18.9 Å². The highest BCUT2D eigenvalue weighted by molar-refractivity contribution is 6.00. The topological polar surface area (TPSA) is 69.4 Å². The van der Waals surface area contributed by atoms with Crippen LogP contribution < -0.4 is 4.74 Å². The second-order valence-electron chi connectivity index (χ2n) is 3.35. The fraction of sp³-hybridized carbons (Fsp3) is 0.300. The Morgan fingerprint density at radius 3 is 2.28 bits per heavy atom. The summed E-state index contributed by atoms with van der Waals surface area (Å²) in [5.74, 6) is -1.67. The number of methoxy groups -OCH3 is 1. The minimum atomic E-state index is -4.92. The van der Waals surface area contributed by atoms with E-state index >= 15 is 0 Å². The SMILES string of the molecule is COc1ccc([N+](=O)[O-])c(C(C)=O)c1C(F)(F)F. The number of rotatable bonds is 3. The number of Topliss-reactive ketones (excluding diaryl/α,β-unsaturated/α-hetero) is 1. The zero-order valence-corrected chi connectivity index (χ0v) is 9.37. The molecule has 0 spiro atoms. The molecule has 0 bridgehead atoms. The lowest BCUT2D eigenvalue weighted by Gasteiger charge is -2.14. The summed E-state index contributed by atoms with van der Waals surface area (Å²) < 4.78 is 43.0. The number of nitro benzene ring substituents is 1. The van der Waals surface area contributed by atoms with Crippen LogP contribution in [0.1, 0.15) is 22.8 Å². The molecule has 0 aromatic heterocycles. The van der Waals surface area contributed by atoms with Crippen LogP contribution >= 0.6 is 0 Å². The molecule has 18 heavy (non-hydrogen) atoms. The Morgan fingerprint density at radius 2 is 1.94 bits per heavy atom. The molecule has 0 aliphatic carbocycles. The first kappa shape index (κ1) is 13.9. The number of halogens is 3. The largest absolute Gasteiger partial charge is 0.496 e. The number of ether oxygens (including phenoxy) is 1. The van der Waals surface area contributed by atoms with Gasteiger partial charge in [-0.2, -0.15) is 13.2 Å². The summed E-state index contributed by atoms with van der Waals surface area (Å²) >= 11 is 0. The molecule has 1 rings (SSSR count). The molecule has 0 N–H and O–H groups in total. The van der Waals surface area contributed by atoms with Crippen molar-refractivity contribution < 1.29 is 27.6 Å².